The molecule has 2 aliphatic rings. The lowest BCUT2D eigenvalue weighted by molar-refractivity contribution is -0.129. The first-order valence-electron chi connectivity index (χ1n) is 10.6. The number of fused-ring (bicyclic) bond motifs is 1. The van der Waals surface area contributed by atoms with Crippen LogP contribution in [0.25, 0.3) is 6.08 Å². The number of cyclic esters (lactones) is 1. The number of carbonyl (C=O) groups is 2. The maximum atomic E-state index is 12.7. The van der Waals surface area contributed by atoms with Crippen molar-refractivity contribution in [2.24, 2.45) is 4.99 Å². The van der Waals surface area contributed by atoms with Gasteiger partial charge in [0.25, 0.3) is 0 Å². The summed E-state index contributed by atoms with van der Waals surface area (Å²) in [5.74, 6) is 0.818. The van der Waals surface area contributed by atoms with E-state index < -0.39 is 11.9 Å². The molecule has 0 radical (unpaired) electrons. The zero-order chi connectivity index (χ0) is 25.2. The Hall–Kier alpha value is -4.50. The molecule has 0 unspecified atom stereocenters. The minimum absolute atomic E-state index is 0.0687. The number of rotatable bonds is 6. The third-order valence-corrected chi connectivity index (χ3v) is 5.55. The monoisotopic (exact) mass is 507 g/mol. The van der Waals surface area contributed by atoms with Crippen LogP contribution in [0.2, 0.25) is 5.02 Å². The first-order valence-corrected chi connectivity index (χ1v) is 11.0. The summed E-state index contributed by atoms with van der Waals surface area (Å²) in [6, 6.07) is 14.5. The van der Waals surface area contributed by atoms with Crippen LogP contribution in [-0.4, -0.2) is 38.8 Å². The third kappa shape index (κ3) is 4.56. The number of hydrogen-bond donors (Lipinski definition) is 0. The Morgan fingerprint density at radius 1 is 0.944 bits per heavy atom. The van der Waals surface area contributed by atoms with E-state index in [1.807, 2.05) is 0 Å². The summed E-state index contributed by atoms with van der Waals surface area (Å²) in [5.41, 5.74) is 1.38. The highest BCUT2D eigenvalue weighted by atomic mass is 35.5. The first kappa shape index (κ1) is 23.3. The minimum atomic E-state index is -0.635. The topological polar surface area (TPSA) is 102 Å². The number of methoxy groups -OCH3 is 2. The summed E-state index contributed by atoms with van der Waals surface area (Å²) in [6.07, 6.45) is 1.53. The zero-order valence-electron chi connectivity index (χ0n) is 19.1. The summed E-state index contributed by atoms with van der Waals surface area (Å²) in [5, 5.41) is 0.442. The summed E-state index contributed by atoms with van der Waals surface area (Å²) in [6.45, 7) is 0.102. The van der Waals surface area contributed by atoms with Crippen LogP contribution >= 0.6 is 11.6 Å². The molecule has 3 aromatic rings. The average molecular weight is 508 g/mol. The molecule has 2 aliphatic heterocycles. The standard InChI is InChI=1S/C26H18ClNO8/c1-31-19-8-5-16(27)12-17(19)24-28-18(26(30)36-24)9-14-3-6-21(22(10-14)32-2)35-25(29)15-4-7-20-23(11-15)34-13-33-20/h3-12H,13H2,1-2H3/b18-9-. The number of aliphatic imine (C=N–C) groups is 1. The van der Waals surface area contributed by atoms with Gasteiger partial charge in [-0.1, -0.05) is 17.7 Å². The molecular weight excluding hydrogens is 490 g/mol. The molecule has 0 N–H and O–H groups in total. The van der Waals surface area contributed by atoms with Crippen LogP contribution in [0.3, 0.4) is 0 Å². The highest BCUT2D eigenvalue weighted by molar-refractivity contribution is 6.31. The van der Waals surface area contributed by atoms with Crippen LogP contribution in [0.1, 0.15) is 21.5 Å². The molecule has 0 saturated carbocycles. The number of esters is 2. The Bertz CT molecular complexity index is 1450. The van der Waals surface area contributed by atoms with E-state index in [4.69, 9.17) is 40.0 Å². The van der Waals surface area contributed by atoms with E-state index in [-0.39, 0.29) is 29.9 Å². The normalized spacial score (nSPS) is 14.9. The predicted molar refractivity (Wildman–Crippen MR) is 129 cm³/mol. The molecule has 36 heavy (non-hydrogen) atoms. The van der Waals surface area contributed by atoms with Gasteiger partial charge in [0.05, 0.1) is 25.3 Å². The van der Waals surface area contributed by atoms with Crippen LogP contribution < -0.4 is 23.7 Å². The predicted octanol–water partition coefficient (Wildman–Crippen LogP) is 4.65. The van der Waals surface area contributed by atoms with E-state index >= 15 is 0 Å². The van der Waals surface area contributed by atoms with Gasteiger partial charge in [0.1, 0.15) is 5.75 Å². The van der Waals surface area contributed by atoms with Gasteiger partial charge < -0.3 is 28.4 Å². The van der Waals surface area contributed by atoms with Crippen LogP contribution in [0.4, 0.5) is 0 Å². The molecule has 5 rings (SSSR count). The Morgan fingerprint density at radius 2 is 1.72 bits per heavy atom. The lowest BCUT2D eigenvalue weighted by atomic mass is 10.1. The van der Waals surface area contributed by atoms with Gasteiger partial charge >= 0.3 is 11.9 Å². The van der Waals surface area contributed by atoms with E-state index in [1.165, 1.54) is 20.3 Å². The number of nitrogens with zero attached hydrogens (tertiary/aromatic N) is 1. The molecule has 182 valence electrons. The number of hydrogen-bond acceptors (Lipinski definition) is 9. The molecule has 0 fully saturated rings. The van der Waals surface area contributed by atoms with E-state index in [0.29, 0.717) is 39.0 Å². The first-order chi connectivity index (χ1) is 17.4. The largest absolute Gasteiger partial charge is 0.496 e. The summed E-state index contributed by atoms with van der Waals surface area (Å²) in [7, 11) is 2.93. The lowest BCUT2D eigenvalue weighted by Gasteiger charge is -2.10. The molecule has 0 aromatic heterocycles. The number of halogens is 1. The molecule has 9 nitrogen and oxygen atoms in total. The van der Waals surface area contributed by atoms with Crippen LogP contribution in [-0.2, 0) is 9.53 Å². The molecule has 0 atom stereocenters. The minimum Gasteiger partial charge on any atom is -0.496 e. The third-order valence-electron chi connectivity index (χ3n) is 5.31. The highest BCUT2D eigenvalue weighted by Gasteiger charge is 2.27. The molecule has 10 heteroatoms. The molecule has 0 spiro atoms. The number of carbonyl (C=O) groups excluding carboxylic acids is 2. The van der Waals surface area contributed by atoms with E-state index in [2.05, 4.69) is 4.99 Å². The van der Waals surface area contributed by atoms with Crippen LogP contribution in [0, 0.1) is 0 Å². The summed E-state index contributed by atoms with van der Waals surface area (Å²) < 4.78 is 32.1. The van der Waals surface area contributed by atoms with Gasteiger partial charge in [0.2, 0.25) is 12.7 Å². The van der Waals surface area contributed by atoms with Crippen molar-refractivity contribution >= 4 is 35.5 Å². The van der Waals surface area contributed by atoms with Crippen molar-refractivity contribution in [1.29, 1.82) is 0 Å². The Balaban J connectivity index is 1.38. The quantitative estimate of drug-likeness (QED) is 0.270. The maximum absolute atomic E-state index is 12.7. The van der Waals surface area contributed by atoms with E-state index in [9.17, 15) is 9.59 Å². The van der Waals surface area contributed by atoms with Gasteiger partial charge in [0.15, 0.2) is 28.7 Å². The van der Waals surface area contributed by atoms with Gasteiger partial charge in [-0.2, -0.15) is 0 Å². The SMILES string of the molecule is COc1cc(/C=C2\N=C(c3cc(Cl)ccc3OC)OC2=O)ccc1OC(=O)c1ccc2c(c1)OCO2. The number of benzene rings is 3. The lowest BCUT2D eigenvalue weighted by Crippen LogP contribution is -2.09. The molecule has 0 amide bonds. The van der Waals surface area contributed by atoms with Crippen LogP contribution in [0.15, 0.2) is 65.3 Å². The van der Waals surface area contributed by atoms with Gasteiger partial charge in [-0.15, -0.1) is 0 Å². The van der Waals surface area contributed by atoms with Crippen molar-refractivity contribution in [3.8, 4) is 28.7 Å². The fourth-order valence-corrected chi connectivity index (χ4v) is 3.74. The van der Waals surface area contributed by atoms with Crippen molar-refractivity contribution in [3.63, 3.8) is 0 Å². The Labute approximate surface area is 210 Å². The molecular formula is C26H18ClNO8. The molecule has 0 saturated heterocycles. The second-order valence-corrected chi connectivity index (χ2v) is 7.98. The highest BCUT2D eigenvalue weighted by Crippen LogP contribution is 2.34. The van der Waals surface area contributed by atoms with Gasteiger partial charge in [-0.25, -0.2) is 14.6 Å². The smallest absolute Gasteiger partial charge is 0.363 e. The van der Waals surface area contributed by atoms with Gasteiger partial charge in [-0.05, 0) is 60.2 Å². The fourth-order valence-electron chi connectivity index (χ4n) is 3.57. The molecule has 3 aromatic carbocycles. The number of ether oxygens (including phenoxy) is 6. The Morgan fingerprint density at radius 3 is 2.53 bits per heavy atom. The van der Waals surface area contributed by atoms with Crippen LogP contribution in [0.5, 0.6) is 28.7 Å². The van der Waals surface area contributed by atoms with Crippen molar-refractivity contribution in [2.75, 3.05) is 21.0 Å². The van der Waals surface area contributed by atoms with Crippen molar-refractivity contribution in [2.45, 2.75) is 0 Å². The maximum Gasteiger partial charge on any atom is 0.363 e. The average Bonchev–Trinajstić information content (AvgIpc) is 3.50. The molecule has 0 aliphatic carbocycles. The summed E-state index contributed by atoms with van der Waals surface area (Å²) in [4.78, 5) is 29.4. The van der Waals surface area contributed by atoms with Gasteiger partial charge in [-0.3, -0.25) is 0 Å². The fraction of sp³-hybridized carbons (Fsp3) is 0.115. The zero-order valence-corrected chi connectivity index (χ0v) is 19.8. The molecule has 2 heterocycles. The van der Waals surface area contributed by atoms with Crippen molar-refractivity contribution in [3.05, 3.63) is 82.0 Å². The second kappa shape index (κ2) is 9.63. The van der Waals surface area contributed by atoms with Crippen molar-refractivity contribution in [1.82, 2.24) is 0 Å². The van der Waals surface area contributed by atoms with Crippen molar-refractivity contribution < 1.29 is 38.0 Å². The molecule has 0 bridgehead atoms. The van der Waals surface area contributed by atoms with E-state index in [1.54, 1.807) is 54.6 Å². The second-order valence-electron chi connectivity index (χ2n) is 7.55. The van der Waals surface area contributed by atoms with Gasteiger partial charge in [0, 0.05) is 5.02 Å². The Kier molecular flexibility index (Phi) is 6.22. The van der Waals surface area contributed by atoms with E-state index in [0.717, 1.165) is 0 Å². The summed E-state index contributed by atoms with van der Waals surface area (Å²) >= 11 is 6.08.